The molecule has 0 saturated heterocycles. The highest BCUT2D eigenvalue weighted by Gasteiger charge is 2.14. The molecular formula is C16H26IN5O2S2. The fourth-order valence-corrected chi connectivity index (χ4v) is 4.08. The zero-order valence-corrected chi connectivity index (χ0v) is 19.1. The predicted molar refractivity (Wildman–Crippen MR) is 118 cm³/mol. The van der Waals surface area contributed by atoms with Gasteiger partial charge in [0.1, 0.15) is 0 Å². The molecule has 146 valence electrons. The maximum Gasteiger partial charge on any atom is 0.242 e. The fraction of sp³-hybridized carbons (Fsp3) is 0.438. The van der Waals surface area contributed by atoms with Gasteiger partial charge in [0.05, 0.1) is 4.90 Å². The molecule has 0 saturated carbocycles. The second kappa shape index (κ2) is 10.9. The normalized spacial score (nSPS) is 11.9. The number of nitrogens with zero attached hydrogens (tertiary/aromatic N) is 3. The van der Waals surface area contributed by atoms with Crippen molar-refractivity contribution in [1.82, 2.24) is 19.5 Å². The Morgan fingerprint density at radius 3 is 2.69 bits per heavy atom. The number of likely N-dealkylation sites (N-methyl/N-ethyl adjacent to an activating group) is 1. The number of hydrogen-bond donors (Lipinski definition) is 2. The summed E-state index contributed by atoms with van der Waals surface area (Å²) in [7, 11) is 2.01. The highest BCUT2D eigenvalue weighted by atomic mass is 127. The zero-order valence-electron chi connectivity index (χ0n) is 15.2. The summed E-state index contributed by atoms with van der Waals surface area (Å²) in [5.41, 5.74) is 0. The third-order valence-corrected chi connectivity index (χ3v) is 6.04. The highest BCUT2D eigenvalue weighted by Crippen LogP contribution is 2.09. The van der Waals surface area contributed by atoms with Gasteiger partial charge in [-0.2, -0.15) is 0 Å². The summed E-state index contributed by atoms with van der Waals surface area (Å²) in [6.07, 6.45) is 4.24. The Bertz CT molecular complexity index is 787. The van der Waals surface area contributed by atoms with E-state index in [4.69, 9.17) is 0 Å². The molecule has 10 heteroatoms. The van der Waals surface area contributed by atoms with Gasteiger partial charge in [0.15, 0.2) is 5.96 Å². The smallest absolute Gasteiger partial charge is 0.242 e. The molecule has 2 aromatic heterocycles. The summed E-state index contributed by atoms with van der Waals surface area (Å²) in [5, 5.41) is 5.25. The van der Waals surface area contributed by atoms with E-state index < -0.39 is 10.0 Å². The van der Waals surface area contributed by atoms with E-state index in [1.807, 2.05) is 18.0 Å². The molecule has 7 nitrogen and oxygen atoms in total. The zero-order chi connectivity index (χ0) is 18.3. The molecule has 0 unspecified atom stereocenters. The predicted octanol–water partition coefficient (Wildman–Crippen LogP) is 1.73. The quantitative estimate of drug-likeness (QED) is 0.245. The van der Waals surface area contributed by atoms with Gasteiger partial charge in [-0.15, -0.1) is 35.3 Å². The maximum atomic E-state index is 12.1. The number of rotatable bonds is 8. The first kappa shape index (κ1) is 22.9. The van der Waals surface area contributed by atoms with E-state index in [9.17, 15) is 8.42 Å². The minimum atomic E-state index is -3.47. The van der Waals surface area contributed by atoms with Gasteiger partial charge in [-0.25, -0.2) is 13.1 Å². The molecule has 0 bridgehead atoms. The molecular weight excluding hydrogens is 485 g/mol. The molecule has 26 heavy (non-hydrogen) atoms. The van der Waals surface area contributed by atoms with Crippen molar-refractivity contribution in [3.05, 3.63) is 40.8 Å². The number of aliphatic imine (C=N–C) groups is 1. The molecule has 0 radical (unpaired) electrons. The number of aromatic nitrogens is 1. The minimum absolute atomic E-state index is 0. The van der Waals surface area contributed by atoms with Crippen molar-refractivity contribution in [2.75, 3.05) is 33.7 Å². The van der Waals surface area contributed by atoms with E-state index in [1.54, 1.807) is 48.5 Å². The number of nitrogens with one attached hydrogen (secondary N) is 2. The van der Waals surface area contributed by atoms with Crippen molar-refractivity contribution in [2.45, 2.75) is 11.3 Å². The highest BCUT2D eigenvalue weighted by molar-refractivity contribution is 14.0. The first-order valence-corrected chi connectivity index (χ1v) is 10.3. The van der Waals surface area contributed by atoms with E-state index >= 15 is 0 Å². The van der Waals surface area contributed by atoms with E-state index in [2.05, 4.69) is 26.5 Å². The molecule has 0 aliphatic rings. The SMILES string of the molecule is CN=C(NCCNS(=O)(=O)c1ccn(C)c1)N(C)CCc1cccs1.I. The Labute approximate surface area is 176 Å². The van der Waals surface area contributed by atoms with Gasteiger partial charge in [0.25, 0.3) is 0 Å². The van der Waals surface area contributed by atoms with Crippen LogP contribution in [-0.2, 0) is 23.5 Å². The van der Waals surface area contributed by atoms with Crippen molar-refractivity contribution in [1.29, 1.82) is 0 Å². The van der Waals surface area contributed by atoms with Gasteiger partial charge >= 0.3 is 0 Å². The van der Waals surface area contributed by atoms with Gasteiger partial charge in [0.2, 0.25) is 10.0 Å². The third kappa shape index (κ3) is 6.89. The van der Waals surface area contributed by atoms with Crippen LogP contribution in [-0.4, -0.2) is 57.6 Å². The first-order valence-electron chi connectivity index (χ1n) is 7.98. The van der Waals surface area contributed by atoms with Crippen LogP contribution < -0.4 is 10.0 Å². The summed E-state index contributed by atoms with van der Waals surface area (Å²) in [6, 6.07) is 5.74. The maximum absolute atomic E-state index is 12.1. The first-order chi connectivity index (χ1) is 11.9. The lowest BCUT2D eigenvalue weighted by Crippen LogP contribution is -2.43. The summed E-state index contributed by atoms with van der Waals surface area (Å²) >= 11 is 1.74. The molecule has 0 spiro atoms. The Morgan fingerprint density at radius 1 is 1.35 bits per heavy atom. The standard InChI is InChI=1S/C16H25N5O2S2.HI/c1-17-16(21(3)11-6-14-5-4-12-24-14)18-8-9-19-25(22,23)15-7-10-20(2)13-15;/h4-5,7,10,12-13,19H,6,8-9,11H2,1-3H3,(H,17,18);1H. The molecule has 0 aromatic carbocycles. The van der Waals surface area contributed by atoms with Crippen molar-refractivity contribution >= 4 is 51.3 Å². The fourth-order valence-electron chi connectivity index (χ4n) is 2.30. The molecule has 0 aliphatic heterocycles. The second-order valence-electron chi connectivity index (χ2n) is 5.64. The average molecular weight is 511 g/mol. The Kier molecular flexibility index (Phi) is 9.61. The van der Waals surface area contributed by atoms with Gasteiger partial charge in [-0.3, -0.25) is 4.99 Å². The van der Waals surface area contributed by atoms with Gasteiger partial charge in [-0.1, -0.05) is 6.07 Å². The Hall–Kier alpha value is -1.11. The van der Waals surface area contributed by atoms with Crippen LogP contribution in [0.5, 0.6) is 0 Å². The van der Waals surface area contributed by atoms with Crippen LogP contribution >= 0.6 is 35.3 Å². The van der Waals surface area contributed by atoms with E-state index in [0.717, 1.165) is 18.9 Å². The average Bonchev–Trinajstić information content (AvgIpc) is 3.24. The second-order valence-corrected chi connectivity index (χ2v) is 8.43. The lowest BCUT2D eigenvalue weighted by atomic mass is 10.3. The van der Waals surface area contributed by atoms with Crippen LogP contribution in [0.25, 0.3) is 0 Å². The number of thiophene rings is 1. The van der Waals surface area contributed by atoms with Crippen LogP contribution in [0.4, 0.5) is 0 Å². The van der Waals surface area contributed by atoms with E-state index in [-0.39, 0.29) is 35.4 Å². The van der Waals surface area contributed by atoms with E-state index in [1.165, 1.54) is 4.88 Å². The van der Waals surface area contributed by atoms with Gasteiger partial charge < -0.3 is 14.8 Å². The largest absolute Gasteiger partial charge is 0.356 e. The monoisotopic (exact) mass is 511 g/mol. The van der Waals surface area contributed by atoms with Crippen LogP contribution in [0.15, 0.2) is 45.9 Å². The molecule has 0 aliphatic carbocycles. The molecule has 0 fully saturated rings. The Balaban J connectivity index is 0.00000338. The third-order valence-electron chi connectivity index (χ3n) is 3.66. The molecule has 2 rings (SSSR count). The summed E-state index contributed by atoms with van der Waals surface area (Å²) in [4.78, 5) is 7.87. The topological polar surface area (TPSA) is 78.7 Å². The molecule has 0 atom stereocenters. The lowest BCUT2D eigenvalue weighted by molar-refractivity contribution is 0.486. The van der Waals surface area contributed by atoms with Crippen molar-refractivity contribution in [3.8, 4) is 0 Å². The number of sulfonamides is 1. The number of aryl methyl sites for hydroxylation is 1. The molecule has 2 heterocycles. The van der Waals surface area contributed by atoms with Crippen LogP contribution in [0.1, 0.15) is 4.88 Å². The molecule has 2 aromatic rings. The van der Waals surface area contributed by atoms with Gasteiger partial charge in [-0.05, 0) is 23.9 Å². The number of halogens is 1. The van der Waals surface area contributed by atoms with E-state index in [0.29, 0.717) is 6.54 Å². The molecule has 0 amide bonds. The van der Waals surface area contributed by atoms with Crippen molar-refractivity contribution < 1.29 is 8.42 Å². The number of guanidine groups is 1. The summed E-state index contributed by atoms with van der Waals surface area (Å²) < 4.78 is 28.6. The lowest BCUT2D eigenvalue weighted by Gasteiger charge is -2.21. The van der Waals surface area contributed by atoms with Gasteiger partial charge in [0, 0.05) is 58.0 Å². The van der Waals surface area contributed by atoms with Crippen LogP contribution in [0, 0.1) is 0 Å². The van der Waals surface area contributed by atoms with Crippen molar-refractivity contribution in [3.63, 3.8) is 0 Å². The summed E-state index contributed by atoms with van der Waals surface area (Å²) in [5.74, 6) is 0.746. The van der Waals surface area contributed by atoms with Crippen molar-refractivity contribution in [2.24, 2.45) is 12.0 Å². The minimum Gasteiger partial charge on any atom is -0.356 e. The Morgan fingerprint density at radius 2 is 2.12 bits per heavy atom. The van der Waals surface area contributed by atoms with Crippen LogP contribution in [0.2, 0.25) is 0 Å². The summed E-state index contributed by atoms with van der Waals surface area (Å²) in [6.45, 7) is 1.59. The van der Waals surface area contributed by atoms with Crippen LogP contribution in [0.3, 0.4) is 0 Å². The number of hydrogen-bond acceptors (Lipinski definition) is 4. The molecule has 2 N–H and O–H groups in total.